The van der Waals surface area contributed by atoms with Crippen molar-refractivity contribution in [3.63, 3.8) is 0 Å². The lowest BCUT2D eigenvalue weighted by Crippen LogP contribution is -2.04. The molecule has 1 saturated heterocycles. The van der Waals surface area contributed by atoms with Gasteiger partial charge in [-0.3, -0.25) is 0 Å². The first kappa shape index (κ1) is 11.0. The van der Waals surface area contributed by atoms with E-state index < -0.39 is 0 Å². The first-order valence-electron chi connectivity index (χ1n) is 6.28. The molecule has 0 radical (unpaired) electrons. The number of hydrogen-bond acceptors (Lipinski definition) is 2. The van der Waals surface area contributed by atoms with Crippen LogP contribution in [0.2, 0.25) is 0 Å². The Hall–Kier alpha value is -1.12. The van der Waals surface area contributed by atoms with Crippen molar-refractivity contribution in [2.75, 3.05) is 19.8 Å². The quantitative estimate of drug-likeness (QED) is 0.701. The molecular weight excluding hydrogens is 212 g/mol. The predicted molar refractivity (Wildman–Crippen MR) is 67.9 cm³/mol. The highest BCUT2D eigenvalue weighted by molar-refractivity contribution is 5.48. The van der Waals surface area contributed by atoms with Crippen molar-refractivity contribution in [2.24, 2.45) is 5.92 Å². The summed E-state index contributed by atoms with van der Waals surface area (Å²) in [4.78, 5) is 0. The van der Waals surface area contributed by atoms with Gasteiger partial charge in [0, 0.05) is 0 Å². The van der Waals surface area contributed by atoms with Crippen LogP contribution in [-0.2, 0) is 9.47 Å². The second kappa shape index (κ2) is 4.63. The van der Waals surface area contributed by atoms with Gasteiger partial charge in [0.2, 0.25) is 0 Å². The van der Waals surface area contributed by atoms with Gasteiger partial charge in [-0.2, -0.15) is 0 Å². The van der Waals surface area contributed by atoms with E-state index in [1.54, 1.807) is 0 Å². The van der Waals surface area contributed by atoms with Gasteiger partial charge in [0.15, 0.2) is 0 Å². The lowest BCUT2D eigenvalue weighted by atomic mass is 10.1. The summed E-state index contributed by atoms with van der Waals surface area (Å²) in [6.07, 6.45) is 3.53. The molecule has 2 fully saturated rings. The van der Waals surface area contributed by atoms with Gasteiger partial charge in [-0.15, -0.1) is 0 Å². The molecule has 1 saturated carbocycles. The van der Waals surface area contributed by atoms with Gasteiger partial charge in [-0.05, 0) is 29.4 Å². The third-order valence-electron chi connectivity index (χ3n) is 3.56. The molecule has 3 atom stereocenters. The second-order valence-electron chi connectivity index (χ2n) is 4.97. The summed E-state index contributed by atoms with van der Waals surface area (Å²) in [6.45, 7) is 6.31. The first-order chi connectivity index (χ1) is 8.36. The molecule has 3 unspecified atom stereocenters. The highest BCUT2D eigenvalue weighted by Crippen LogP contribution is 2.47. The minimum Gasteiger partial charge on any atom is -0.378 e. The molecule has 0 aromatic heterocycles. The van der Waals surface area contributed by atoms with Crippen LogP contribution in [0.5, 0.6) is 0 Å². The van der Waals surface area contributed by atoms with Gasteiger partial charge in [0.1, 0.15) is 6.10 Å². The third-order valence-corrected chi connectivity index (χ3v) is 3.56. The number of benzene rings is 1. The lowest BCUT2D eigenvalue weighted by molar-refractivity contribution is 0.107. The van der Waals surface area contributed by atoms with Crippen molar-refractivity contribution in [1.82, 2.24) is 0 Å². The first-order valence-corrected chi connectivity index (χ1v) is 6.28. The summed E-state index contributed by atoms with van der Waals surface area (Å²) >= 11 is 0. The van der Waals surface area contributed by atoms with E-state index in [4.69, 9.17) is 9.47 Å². The molecule has 1 heterocycles. The van der Waals surface area contributed by atoms with E-state index in [9.17, 15) is 0 Å². The summed E-state index contributed by atoms with van der Waals surface area (Å²) in [5.74, 6) is 1.41. The SMILES string of the molecule is C=Cc1ccc(C2CC2COCC2CO2)cc1. The molecule has 0 spiro atoms. The average molecular weight is 230 g/mol. The summed E-state index contributed by atoms with van der Waals surface area (Å²) in [5, 5.41) is 0. The van der Waals surface area contributed by atoms with Gasteiger partial charge in [0.05, 0.1) is 19.8 Å². The smallest absolute Gasteiger partial charge is 0.104 e. The summed E-state index contributed by atoms with van der Waals surface area (Å²) in [5.41, 5.74) is 2.62. The predicted octanol–water partition coefficient (Wildman–Crippen LogP) is 2.85. The van der Waals surface area contributed by atoms with Crippen LogP contribution in [-0.4, -0.2) is 25.9 Å². The van der Waals surface area contributed by atoms with Crippen LogP contribution in [0, 0.1) is 5.92 Å². The Kier molecular flexibility index (Phi) is 3.00. The molecule has 1 aromatic carbocycles. The molecule has 0 N–H and O–H groups in total. The van der Waals surface area contributed by atoms with Crippen LogP contribution in [0.1, 0.15) is 23.5 Å². The van der Waals surface area contributed by atoms with Crippen LogP contribution < -0.4 is 0 Å². The molecule has 17 heavy (non-hydrogen) atoms. The molecule has 1 aliphatic heterocycles. The minimum absolute atomic E-state index is 0.388. The van der Waals surface area contributed by atoms with E-state index >= 15 is 0 Å². The Morgan fingerprint density at radius 3 is 2.71 bits per heavy atom. The van der Waals surface area contributed by atoms with Crippen LogP contribution in [0.3, 0.4) is 0 Å². The standard InChI is InChI=1S/C15H18O2/c1-2-11-3-5-12(6-4-11)15-7-13(15)8-16-9-14-10-17-14/h2-6,13-15H,1,7-10H2. The Morgan fingerprint density at radius 2 is 2.06 bits per heavy atom. The number of rotatable bonds is 6. The maximum Gasteiger partial charge on any atom is 0.104 e. The molecule has 0 amide bonds. The van der Waals surface area contributed by atoms with Crippen molar-refractivity contribution < 1.29 is 9.47 Å². The highest BCUT2D eigenvalue weighted by Gasteiger charge is 2.38. The number of epoxide rings is 1. The maximum atomic E-state index is 5.64. The molecule has 2 aliphatic rings. The Balaban J connectivity index is 1.47. The molecule has 3 rings (SSSR count). The average Bonchev–Trinajstić information content (AvgIpc) is 3.24. The van der Waals surface area contributed by atoms with Crippen LogP contribution in [0.4, 0.5) is 0 Å². The number of hydrogen-bond donors (Lipinski definition) is 0. The monoisotopic (exact) mass is 230 g/mol. The van der Waals surface area contributed by atoms with Crippen molar-refractivity contribution >= 4 is 6.08 Å². The van der Waals surface area contributed by atoms with E-state index in [0.717, 1.165) is 19.8 Å². The van der Waals surface area contributed by atoms with Gasteiger partial charge in [-0.25, -0.2) is 0 Å². The fourth-order valence-corrected chi connectivity index (χ4v) is 2.23. The number of ether oxygens (including phenoxy) is 2. The molecular formula is C15H18O2. The van der Waals surface area contributed by atoms with E-state index in [-0.39, 0.29) is 0 Å². The molecule has 1 aromatic rings. The van der Waals surface area contributed by atoms with Crippen molar-refractivity contribution in [3.8, 4) is 0 Å². The maximum absolute atomic E-state index is 5.64. The topological polar surface area (TPSA) is 21.8 Å². The van der Waals surface area contributed by atoms with Crippen LogP contribution in [0.15, 0.2) is 30.8 Å². The second-order valence-corrected chi connectivity index (χ2v) is 4.97. The van der Waals surface area contributed by atoms with Gasteiger partial charge >= 0.3 is 0 Å². The van der Waals surface area contributed by atoms with Gasteiger partial charge in [-0.1, -0.05) is 36.9 Å². The largest absolute Gasteiger partial charge is 0.378 e. The lowest BCUT2D eigenvalue weighted by Gasteiger charge is -2.02. The molecule has 0 bridgehead atoms. The van der Waals surface area contributed by atoms with Crippen LogP contribution in [0.25, 0.3) is 6.08 Å². The summed E-state index contributed by atoms with van der Waals surface area (Å²) in [7, 11) is 0. The van der Waals surface area contributed by atoms with E-state index in [1.807, 2.05) is 6.08 Å². The zero-order valence-corrected chi connectivity index (χ0v) is 9.97. The Morgan fingerprint density at radius 1 is 1.29 bits per heavy atom. The van der Waals surface area contributed by atoms with E-state index in [0.29, 0.717) is 17.9 Å². The Bertz CT molecular complexity index is 392. The highest BCUT2D eigenvalue weighted by atomic mass is 16.6. The third kappa shape index (κ3) is 2.76. The zero-order valence-electron chi connectivity index (χ0n) is 9.97. The minimum atomic E-state index is 0.388. The van der Waals surface area contributed by atoms with Crippen molar-refractivity contribution in [2.45, 2.75) is 18.4 Å². The van der Waals surface area contributed by atoms with Crippen molar-refractivity contribution in [1.29, 1.82) is 0 Å². The van der Waals surface area contributed by atoms with Crippen LogP contribution >= 0.6 is 0 Å². The normalized spacial score (nSPS) is 30.0. The summed E-state index contributed by atoms with van der Waals surface area (Å²) in [6, 6.07) is 8.70. The summed E-state index contributed by atoms with van der Waals surface area (Å²) < 4.78 is 10.8. The molecule has 1 aliphatic carbocycles. The van der Waals surface area contributed by atoms with Gasteiger partial charge < -0.3 is 9.47 Å². The molecule has 2 heteroatoms. The van der Waals surface area contributed by atoms with E-state index in [2.05, 4.69) is 30.8 Å². The molecule has 2 nitrogen and oxygen atoms in total. The zero-order chi connectivity index (χ0) is 11.7. The fraction of sp³-hybridized carbons (Fsp3) is 0.467. The Labute approximate surface area is 102 Å². The molecule has 90 valence electrons. The van der Waals surface area contributed by atoms with Gasteiger partial charge in [0.25, 0.3) is 0 Å². The van der Waals surface area contributed by atoms with E-state index in [1.165, 1.54) is 17.5 Å². The van der Waals surface area contributed by atoms with Crippen molar-refractivity contribution in [3.05, 3.63) is 42.0 Å². The fourth-order valence-electron chi connectivity index (χ4n) is 2.23.